The molecule has 6 nitrogen and oxygen atoms in total. The number of ether oxygens (including phenoxy) is 2. The molecule has 0 fully saturated rings. The van der Waals surface area contributed by atoms with Gasteiger partial charge in [0.15, 0.2) is 11.5 Å². The summed E-state index contributed by atoms with van der Waals surface area (Å²) in [6, 6.07) is 5.62. The standard InChI is InChI=1S/C11H10N4O2S/c1-7-13-14-11(18)15(7)12-5-8-2-3-9-10(4-8)17-6-16-9/h2-5H,6H2,1H3,(H,14,18)/b12-5-. The molecule has 0 saturated heterocycles. The Balaban J connectivity index is 1.91. The number of rotatable bonds is 2. The van der Waals surface area contributed by atoms with Gasteiger partial charge in [0.2, 0.25) is 11.6 Å². The SMILES string of the molecule is Cc1n[nH]c(=S)n1/N=C\c1ccc2c(c1)OCO2. The van der Waals surface area contributed by atoms with Gasteiger partial charge in [-0.1, -0.05) is 0 Å². The van der Waals surface area contributed by atoms with E-state index in [9.17, 15) is 0 Å². The van der Waals surface area contributed by atoms with Gasteiger partial charge in [-0.25, -0.2) is 0 Å². The first-order valence-corrected chi connectivity index (χ1v) is 5.73. The second-order valence-electron chi connectivity index (χ2n) is 3.75. The maximum Gasteiger partial charge on any atom is 0.231 e. The quantitative estimate of drug-likeness (QED) is 0.662. The van der Waals surface area contributed by atoms with Crippen molar-refractivity contribution in [2.24, 2.45) is 5.10 Å². The zero-order chi connectivity index (χ0) is 12.5. The summed E-state index contributed by atoms with van der Waals surface area (Å²) in [5.41, 5.74) is 0.904. The summed E-state index contributed by atoms with van der Waals surface area (Å²) in [6.45, 7) is 2.09. The molecular weight excluding hydrogens is 252 g/mol. The number of fused-ring (bicyclic) bond motifs is 1. The molecular formula is C11H10N4O2S. The number of nitrogens with one attached hydrogen (secondary N) is 1. The molecule has 1 N–H and O–H groups in total. The Kier molecular flexibility index (Phi) is 2.60. The lowest BCUT2D eigenvalue weighted by Gasteiger charge is -1.98. The third-order valence-corrected chi connectivity index (χ3v) is 2.80. The lowest BCUT2D eigenvalue weighted by molar-refractivity contribution is 0.174. The Bertz CT molecular complexity index is 674. The van der Waals surface area contributed by atoms with Gasteiger partial charge >= 0.3 is 0 Å². The van der Waals surface area contributed by atoms with Gasteiger partial charge in [0.05, 0.1) is 6.21 Å². The van der Waals surface area contributed by atoms with Gasteiger partial charge in [-0.3, -0.25) is 5.10 Å². The average molecular weight is 262 g/mol. The summed E-state index contributed by atoms with van der Waals surface area (Å²) in [4.78, 5) is 0. The first kappa shape index (κ1) is 11.0. The highest BCUT2D eigenvalue weighted by molar-refractivity contribution is 7.71. The molecule has 0 saturated carbocycles. The number of hydrogen-bond acceptors (Lipinski definition) is 5. The molecule has 0 aliphatic carbocycles. The molecule has 18 heavy (non-hydrogen) atoms. The van der Waals surface area contributed by atoms with Gasteiger partial charge in [-0.05, 0) is 42.9 Å². The molecule has 2 aromatic rings. The van der Waals surface area contributed by atoms with E-state index >= 15 is 0 Å². The number of aromatic nitrogens is 3. The van der Waals surface area contributed by atoms with E-state index in [1.807, 2.05) is 25.1 Å². The summed E-state index contributed by atoms with van der Waals surface area (Å²) < 4.78 is 12.6. The largest absolute Gasteiger partial charge is 0.454 e. The van der Waals surface area contributed by atoms with E-state index in [1.54, 1.807) is 10.9 Å². The van der Waals surface area contributed by atoms with Crippen LogP contribution in [0.4, 0.5) is 0 Å². The molecule has 0 bridgehead atoms. The topological polar surface area (TPSA) is 64.4 Å². The number of benzene rings is 1. The van der Waals surface area contributed by atoms with Gasteiger partial charge in [0.1, 0.15) is 5.82 Å². The molecule has 92 valence electrons. The zero-order valence-electron chi connectivity index (χ0n) is 9.58. The molecule has 0 amide bonds. The number of H-pyrrole nitrogens is 1. The van der Waals surface area contributed by atoms with Crippen LogP contribution in [0, 0.1) is 11.7 Å². The molecule has 1 aromatic heterocycles. The second-order valence-corrected chi connectivity index (χ2v) is 4.13. The molecule has 1 aliphatic heterocycles. The molecule has 3 rings (SSSR count). The Morgan fingerprint density at radius 1 is 1.44 bits per heavy atom. The third kappa shape index (κ3) is 1.88. The summed E-state index contributed by atoms with van der Waals surface area (Å²) in [5, 5.41) is 10.9. The Labute approximate surface area is 108 Å². The molecule has 0 radical (unpaired) electrons. The lowest BCUT2D eigenvalue weighted by atomic mass is 10.2. The van der Waals surface area contributed by atoms with Crippen LogP contribution in [0.25, 0.3) is 0 Å². The lowest BCUT2D eigenvalue weighted by Crippen LogP contribution is -1.94. The minimum atomic E-state index is 0.266. The van der Waals surface area contributed by atoms with Crippen LogP contribution in [0.15, 0.2) is 23.3 Å². The predicted molar refractivity (Wildman–Crippen MR) is 67.7 cm³/mol. The first-order valence-electron chi connectivity index (χ1n) is 5.32. The number of hydrogen-bond donors (Lipinski definition) is 1. The van der Waals surface area contributed by atoms with Crippen molar-refractivity contribution < 1.29 is 9.47 Å². The fourth-order valence-corrected chi connectivity index (χ4v) is 1.85. The fraction of sp³-hybridized carbons (Fsp3) is 0.182. The maximum atomic E-state index is 5.29. The molecule has 7 heteroatoms. The number of aromatic amines is 1. The normalized spacial score (nSPS) is 13.4. The second kappa shape index (κ2) is 4.26. The number of nitrogens with zero attached hydrogens (tertiary/aromatic N) is 3. The van der Waals surface area contributed by atoms with E-state index in [-0.39, 0.29) is 6.79 Å². The highest BCUT2D eigenvalue weighted by Crippen LogP contribution is 2.31. The van der Waals surface area contributed by atoms with E-state index in [2.05, 4.69) is 15.3 Å². The number of aryl methyl sites for hydroxylation is 1. The van der Waals surface area contributed by atoms with Crippen LogP contribution in [-0.2, 0) is 0 Å². The van der Waals surface area contributed by atoms with Gasteiger partial charge in [0.25, 0.3) is 0 Å². The molecule has 1 aromatic carbocycles. The highest BCUT2D eigenvalue weighted by atomic mass is 32.1. The Morgan fingerprint density at radius 2 is 2.28 bits per heavy atom. The van der Waals surface area contributed by atoms with Crippen LogP contribution in [0.2, 0.25) is 0 Å². The van der Waals surface area contributed by atoms with Crippen molar-refractivity contribution in [3.8, 4) is 11.5 Å². The summed E-state index contributed by atoms with van der Waals surface area (Å²) in [6.07, 6.45) is 1.69. The molecule has 2 heterocycles. The third-order valence-electron chi connectivity index (χ3n) is 2.53. The van der Waals surface area contributed by atoms with Crippen molar-refractivity contribution in [2.45, 2.75) is 6.92 Å². The maximum absolute atomic E-state index is 5.29. The van der Waals surface area contributed by atoms with Crippen molar-refractivity contribution >= 4 is 18.4 Å². The van der Waals surface area contributed by atoms with Crippen molar-refractivity contribution in [2.75, 3.05) is 6.79 Å². The van der Waals surface area contributed by atoms with Gasteiger partial charge in [0, 0.05) is 0 Å². The zero-order valence-corrected chi connectivity index (χ0v) is 10.4. The average Bonchev–Trinajstić information content (AvgIpc) is 2.94. The Hall–Kier alpha value is -2.15. The van der Waals surface area contributed by atoms with E-state index in [4.69, 9.17) is 21.7 Å². The van der Waals surface area contributed by atoms with E-state index in [1.165, 1.54) is 0 Å². The van der Waals surface area contributed by atoms with Crippen LogP contribution < -0.4 is 9.47 Å². The summed E-state index contributed by atoms with van der Waals surface area (Å²) >= 11 is 5.05. The molecule has 1 aliphatic rings. The highest BCUT2D eigenvalue weighted by Gasteiger charge is 2.12. The van der Waals surface area contributed by atoms with Crippen molar-refractivity contribution in [3.05, 3.63) is 34.4 Å². The smallest absolute Gasteiger partial charge is 0.231 e. The first-order chi connectivity index (χ1) is 8.74. The van der Waals surface area contributed by atoms with Gasteiger partial charge in [-0.2, -0.15) is 14.9 Å². The molecule has 0 unspecified atom stereocenters. The Morgan fingerprint density at radius 3 is 3.06 bits per heavy atom. The summed E-state index contributed by atoms with van der Waals surface area (Å²) in [7, 11) is 0. The fourth-order valence-electron chi connectivity index (χ4n) is 1.62. The molecule has 0 spiro atoms. The van der Waals surface area contributed by atoms with Gasteiger partial charge < -0.3 is 9.47 Å². The van der Waals surface area contributed by atoms with Crippen molar-refractivity contribution in [1.82, 2.24) is 14.9 Å². The summed E-state index contributed by atoms with van der Waals surface area (Å²) in [5.74, 6) is 2.19. The van der Waals surface area contributed by atoms with Crippen LogP contribution in [0.5, 0.6) is 11.5 Å². The van der Waals surface area contributed by atoms with Crippen LogP contribution >= 0.6 is 12.2 Å². The van der Waals surface area contributed by atoms with Crippen LogP contribution in [-0.4, -0.2) is 27.9 Å². The minimum Gasteiger partial charge on any atom is -0.454 e. The monoisotopic (exact) mass is 262 g/mol. The van der Waals surface area contributed by atoms with Crippen molar-refractivity contribution in [1.29, 1.82) is 0 Å². The van der Waals surface area contributed by atoms with E-state index in [0.717, 1.165) is 17.1 Å². The molecule has 0 atom stereocenters. The van der Waals surface area contributed by atoms with E-state index < -0.39 is 0 Å². The van der Waals surface area contributed by atoms with Gasteiger partial charge in [-0.15, -0.1) is 0 Å². The predicted octanol–water partition coefficient (Wildman–Crippen LogP) is 1.86. The van der Waals surface area contributed by atoms with Crippen molar-refractivity contribution in [3.63, 3.8) is 0 Å². The van der Waals surface area contributed by atoms with E-state index in [0.29, 0.717) is 10.6 Å². The minimum absolute atomic E-state index is 0.266. The van der Waals surface area contributed by atoms with Crippen LogP contribution in [0.3, 0.4) is 0 Å². The van der Waals surface area contributed by atoms with Crippen LogP contribution in [0.1, 0.15) is 11.4 Å².